The highest BCUT2D eigenvalue weighted by Crippen LogP contribution is 2.31. The third-order valence-corrected chi connectivity index (χ3v) is 7.80. The maximum absolute atomic E-state index is 9.51. The van der Waals surface area contributed by atoms with Crippen LogP contribution in [0.2, 0.25) is 30.7 Å². The van der Waals surface area contributed by atoms with E-state index in [4.69, 9.17) is 32.2 Å². The summed E-state index contributed by atoms with van der Waals surface area (Å²) in [5.41, 5.74) is 9.32. The number of aryl methyl sites for hydroxylation is 1. The Balaban J connectivity index is 1.68. The van der Waals surface area contributed by atoms with Gasteiger partial charge in [-0.25, -0.2) is 24.1 Å². The molecule has 13 heteroatoms. The summed E-state index contributed by atoms with van der Waals surface area (Å²) in [7, 11) is -1.16. The molecule has 0 aliphatic carbocycles. The summed E-state index contributed by atoms with van der Waals surface area (Å²) in [5, 5.41) is 22.4. The topological polar surface area (TPSA) is 145 Å². The molecule has 0 aliphatic heterocycles. The van der Waals surface area contributed by atoms with Gasteiger partial charge in [0.1, 0.15) is 47.0 Å². The Morgan fingerprint density at radius 3 is 2.78 bits per heavy atom. The quantitative estimate of drug-likeness (QED) is 0.242. The first kappa shape index (κ1) is 25.6. The molecule has 4 aromatic rings. The Morgan fingerprint density at radius 2 is 2.06 bits per heavy atom. The van der Waals surface area contributed by atoms with Crippen molar-refractivity contribution in [3.63, 3.8) is 0 Å². The van der Waals surface area contributed by atoms with Crippen molar-refractivity contribution in [2.24, 2.45) is 0 Å². The number of nitrogens with two attached hydrogens (primary N) is 1. The van der Waals surface area contributed by atoms with E-state index in [2.05, 4.69) is 46.1 Å². The van der Waals surface area contributed by atoms with Gasteiger partial charge in [-0.1, -0.05) is 31.2 Å². The SMILES string of the molecule is Cc1nn2cc([C@H](C)Nc3ncnc(N)c3C#N)c(-c3ccn(COCC[Si](C)(C)C)n3)nc2c1Cl. The van der Waals surface area contributed by atoms with Gasteiger partial charge in [-0.2, -0.15) is 15.5 Å². The first-order valence-electron chi connectivity index (χ1n) is 11.5. The standard InChI is InChI=1S/C23H29ClN10OSi/c1-14(29-22-16(10-25)21(26)27-12-28-22)17-11-34-23(19(24)15(2)31-34)30-20(17)18-6-7-33(32-18)13-35-8-9-36(3,4)5/h6-7,11-12,14H,8-9,13H2,1-5H3,(H3,26,27,28,29)/t14-/m0/s1. The predicted molar refractivity (Wildman–Crippen MR) is 141 cm³/mol. The summed E-state index contributed by atoms with van der Waals surface area (Å²) >= 11 is 6.48. The van der Waals surface area contributed by atoms with Crippen LogP contribution in [-0.4, -0.2) is 49.0 Å². The molecule has 0 saturated heterocycles. The summed E-state index contributed by atoms with van der Waals surface area (Å²) in [6.45, 7) is 11.8. The molecule has 0 radical (unpaired) electrons. The molecule has 0 bridgehead atoms. The number of ether oxygens (including phenoxy) is 1. The Hall–Kier alpha value is -3.53. The molecule has 0 spiro atoms. The number of aromatic nitrogens is 7. The van der Waals surface area contributed by atoms with E-state index in [1.165, 1.54) is 6.33 Å². The molecule has 0 saturated carbocycles. The van der Waals surface area contributed by atoms with Crippen molar-refractivity contribution >= 4 is 37.0 Å². The zero-order chi connectivity index (χ0) is 26.0. The second-order valence-corrected chi connectivity index (χ2v) is 15.8. The van der Waals surface area contributed by atoms with E-state index < -0.39 is 8.07 Å². The minimum Gasteiger partial charge on any atom is -0.382 e. The van der Waals surface area contributed by atoms with Gasteiger partial charge in [0.2, 0.25) is 0 Å². The fourth-order valence-electron chi connectivity index (χ4n) is 3.59. The molecule has 11 nitrogen and oxygen atoms in total. The molecule has 0 amide bonds. The molecular formula is C23H29ClN10OSi. The molecular weight excluding hydrogens is 496 g/mol. The van der Waals surface area contributed by atoms with Gasteiger partial charge in [-0.15, -0.1) is 0 Å². The first-order valence-corrected chi connectivity index (χ1v) is 15.6. The lowest BCUT2D eigenvalue weighted by Gasteiger charge is -2.18. The average molecular weight is 525 g/mol. The van der Waals surface area contributed by atoms with E-state index in [1.807, 2.05) is 32.3 Å². The lowest BCUT2D eigenvalue weighted by molar-refractivity contribution is 0.0787. The smallest absolute Gasteiger partial charge is 0.174 e. The number of hydrogen-bond donors (Lipinski definition) is 2. The van der Waals surface area contributed by atoms with Gasteiger partial charge in [-0.05, 0) is 26.0 Å². The third kappa shape index (κ3) is 5.48. The minimum atomic E-state index is -1.16. The molecule has 0 aliphatic rings. The van der Waals surface area contributed by atoms with E-state index in [0.717, 1.165) is 11.6 Å². The third-order valence-electron chi connectivity index (χ3n) is 5.65. The fraction of sp³-hybridized carbons (Fsp3) is 0.391. The first-order chi connectivity index (χ1) is 17.1. The van der Waals surface area contributed by atoms with E-state index in [9.17, 15) is 5.26 Å². The van der Waals surface area contributed by atoms with Crippen molar-refractivity contribution in [2.75, 3.05) is 17.7 Å². The zero-order valence-electron chi connectivity index (χ0n) is 20.9. The Bertz CT molecular complexity index is 1440. The lowest BCUT2D eigenvalue weighted by Crippen LogP contribution is -2.22. The van der Waals surface area contributed by atoms with Gasteiger partial charge in [0.25, 0.3) is 0 Å². The maximum Gasteiger partial charge on any atom is 0.174 e. The van der Waals surface area contributed by atoms with Crippen molar-refractivity contribution in [1.82, 2.24) is 34.3 Å². The summed E-state index contributed by atoms with van der Waals surface area (Å²) in [6.07, 6.45) is 5.03. The van der Waals surface area contributed by atoms with Gasteiger partial charge in [0, 0.05) is 32.6 Å². The molecule has 4 rings (SSSR count). The highest BCUT2D eigenvalue weighted by atomic mass is 35.5. The number of nitrogens with zero attached hydrogens (tertiary/aromatic N) is 8. The predicted octanol–water partition coefficient (Wildman–Crippen LogP) is 4.28. The lowest BCUT2D eigenvalue weighted by atomic mass is 10.1. The van der Waals surface area contributed by atoms with Crippen LogP contribution >= 0.6 is 11.6 Å². The van der Waals surface area contributed by atoms with E-state index >= 15 is 0 Å². The molecule has 1 atom stereocenters. The van der Waals surface area contributed by atoms with Crippen molar-refractivity contribution in [1.29, 1.82) is 5.26 Å². The van der Waals surface area contributed by atoms with Crippen molar-refractivity contribution in [2.45, 2.75) is 52.3 Å². The van der Waals surface area contributed by atoms with Crippen molar-refractivity contribution < 1.29 is 4.74 Å². The highest BCUT2D eigenvalue weighted by molar-refractivity contribution is 6.76. The number of nitrogen functional groups attached to an aromatic ring is 1. The second-order valence-electron chi connectivity index (χ2n) is 9.76. The normalized spacial score (nSPS) is 12.6. The van der Waals surface area contributed by atoms with Crippen LogP contribution in [0.3, 0.4) is 0 Å². The highest BCUT2D eigenvalue weighted by Gasteiger charge is 2.22. The summed E-state index contributed by atoms with van der Waals surface area (Å²) < 4.78 is 9.23. The molecule has 0 unspecified atom stereocenters. The van der Waals surface area contributed by atoms with Gasteiger partial charge in [-0.3, -0.25) is 0 Å². The van der Waals surface area contributed by atoms with Crippen LogP contribution < -0.4 is 11.1 Å². The van der Waals surface area contributed by atoms with Crippen LogP contribution in [-0.2, 0) is 11.5 Å². The van der Waals surface area contributed by atoms with Crippen LogP contribution in [0.5, 0.6) is 0 Å². The average Bonchev–Trinajstić information content (AvgIpc) is 3.39. The van der Waals surface area contributed by atoms with E-state index in [-0.39, 0.29) is 17.4 Å². The van der Waals surface area contributed by atoms with Crippen LogP contribution in [0.4, 0.5) is 11.6 Å². The molecule has 188 valence electrons. The Morgan fingerprint density at radius 1 is 1.28 bits per heavy atom. The fourth-order valence-corrected chi connectivity index (χ4v) is 4.51. The number of halogens is 1. The van der Waals surface area contributed by atoms with E-state index in [0.29, 0.717) is 46.9 Å². The van der Waals surface area contributed by atoms with E-state index in [1.54, 1.807) is 9.20 Å². The summed E-state index contributed by atoms with van der Waals surface area (Å²) in [4.78, 5) is 12.9. The number of rotatable bonds is 9. The zero-order valence-corrected chi connectivity index (χ0v) is 22.7. The molecule has 4 heterocycles. The number of nitrogens with one attached hydrogen (secondary N) is 1. The number of hydrogen-bond acceptors (Lipinski definition) is 9. The Kier molecular flexibility index (Phi) is 7.25. The van der Waals surface area contributed by atoms with Gasteiger partial charge >= 0.3 is 0 Å². The van der Waals surface area contributed by atoms with Crippen LogP contribution in [0.25, 0.3) is 17.0 Å². The molecule has 0 aromatic carbocycles. The number of fused-ring (bicyclic) bond motifs is 1. The monoisotopic (exact) mass is 524 g/mol. The largest absolute Gasteiger partial charge is 0.382 e. The molecule has 4 aromatic heterocycles. The second kappa shape index (κ2) is 10.2. The Labute approximate surface area is 215 Å². The number of anilines is 2. The van der Waals surface area contributed by atoms with Crippen LogP contribution in [0, 0.1) is 18.3 Å². The van der Waals surface area contributed by atoms with Crippen LogP contribution in [0.1, 0.15) is 29.8 Å². The maximum atomic E-state index is 9.51. The minimum absolute atomic E-state index is 0.110. The number of nitriles is 1. The van der Waals surface area contributed by atoms with Gasteiger partial charge < -0.3 is 15.8 Å². The summed E-state index contributed by atoms with van der Waals surface area (Å²) in [6, 6.07) is 4.69. The summed E-state index contributed by atoms with van der Waals surface area (Å²) in [5.74, 6) is 0.443. The van der Waals surface area contributed by atoms with Gasteiger partial charge in [0.15, 0.2) is 5.65 Å². The molecule has 0 fully saturated rings. The molecule has 36 heavy (non-hydrogen) atoms. The molecule has 3 N–H and O–H groups in total. The van der Waals surface area contributed by atoms with Gasteiger partial charge in [0.05, 0.1) is 17.4 Å². The van der Waals surface area contributed by atoms with Crippen molar-refractivity contribution in [3.8, 4) is 17.5 Å². The van der Waals surface area contributed by atoms with Crippen molar-refractivity contribution in [3.05, 3.63) is 46.6 Å². The van der Waals surface area contributed by atoms with Crippen LogP contribution in [0.15, 0.2) is 24.8 Å².